The number of nitrogens with zero attached hydrogens (tertiary/aromatic N) is 3. The lowest BCUT2D eigenvalue weighted by Gasteiger charge is -2.02. The highest BCUT2D eigenvalue weighted by Crippen LogP contribution is 2.23. The molecule has 15 heavy (non-hydrogen) atoms. The average Bonchev–Trinajstić information content (AvgIpc) is 2.59. The van der Waals surface area contributed by atoms with Crippen molar-refractivity contribution in [3.8, 4) is 0 Å². The summed E-state index contributed by atoms with van der Waals surface area (Å²) < 4.78 is 1.88. The van der Waals surface area contributed by atoms with Gasteiger partial charge >= 0.3 is 0 Å². The summed E-state index contributed by atoms with van der Waals surface area (Å²) >= 11 is 11.7. The van der Waals surface area contributed by atoms with E-state index in [2.05, 4.69) is 10.2 Å². The molecule has 1 heterocycles. The van der Waals surface area contributed by atoms with E-state index in [9.17, 15) is 0 Å². The van der Waals surface area contributed by atoms with Crippen LogP contribution in [-0.4, -0.2) is 14.8 Å². The van der Waals surface area contributed by atoms with Crippen LogP contribution < -0.4 is 0 Å². The molecule has 0 unspecified atom stereocenters. The van der Waals surface area contributed by atoms with Crippen LogP contribution in [0.4, 0.5) is 0 Å². The van der Waals surface area contributed by atoms with Crippen LogP contribution in [0.5, 0.6) is 0 Å². The molecule has 1 aromatic carbocycles. The van der Waals surface area contributed by atoms with Gasteiger partial charge in [-0.05, 0) is 17.7 Å². The second-order valence-corrected chi connectivity index (χ2v) is 4.10. The maximum atomic E-state index is 5.92. The van der Waals surface area contributed by atoms with E-state index in [0.717, 1.165) is 11.4 Å². The Morgan fingerprint density at radius 3 is 2.67 bits per heavy atom. The second kappa shape index (κ2) is 4.21. The Labute approximate surface area is 97.7 Å². The van der Waals surface area contributed by atoms with Gasteiger partial charge in [-0.3, -0.25) is 0 Å². The molecular weight excluding hydrogens is 233 g/mol. The van der Waals surface area contributed by atoms with E-state index in [-0.39, 0.29) is 0 Å². The number of hydrogen-bond acceptors (Lipinski definition) is 2. The van der Waals surface area contributed by atoms with Crippen molar-refractivity contribution in [2.75, 3.05) is 0 Å². The fourth-order valence-electron chi connectivity index (χ4n) is 1.30. The Balaban J connectivity index is 2.25. The van der Waals surface area contributed by atoms with E-state index in [1.165, 1.54) is 0 Å². The Morgan fingerprint density at radius 1 is 1.27 bits per heavy atom. The van der Waals surface area contributed by atoms with E-state index >= 15 is 0 Å². The molecule has 0 atom stereocenters. The first kappa shape index (κ1) is 10.5. The molecule has 5 heteroatoms. The SMILES string of the molecule is Cn1cnnc1Cc1ccc(Cl)c(Cl)c1. The summed E-state index contributed by atoms with van der Waals surface area (Å²) in [7, 11) is 1.91. The van der Waals surface area contributed by atoms with Crippen molar-refractivity contribution in [1.82, 2.24) is 14.8 Å². The van der Waals surface area contributed by atoms with Gasteiger partial charge in [0.05, 0.1) is 10.0 Å². The van der Waals surface area contributed by atoms with Gasteiger partial charge in [0, 0.05) is 13.5 Å². The molecule has 0 bridgehead atoms. The van der Waals surface area contributed by atoms with Gasteiger partial charge in [-0.2, -0.15) is 0 Å². The molecule has 0 spiro atoms. The van der Waals surface area contributed by atoms with Crippen LogP contribution in [-0.2, 0) is 13.5 Å². The van der Waals surface area contributed by atoms with E-state index in [4.69, 9.17) is 23.2 Å². The largest absolute Gasteiger partial charge is 0.320 e. The zero-order valence-electron chi connectivity index (χ0n) is 8.11. The van der Waals surface area contributed by atoms with Gasteiger partial charge in [0.25, 0.3) is 0 Å². The van der Waals surface area contributed by atoms with Crippen molar-refractivity contribution < 1.29 is 0 Å². The molecule has 0 saturated carbocycles. The van der Waals surface area contributed by atoms with Gasteiger partial charge in [0.2, 0.25) is 0 Å². The summed E-state index contributed by atoms with van der Waals surface area (Å²) in [5.41, 5.74) is 1.07. The van der Waals surface area contributed by atoms with E-state index in [1.54, 1.807) is 12.4 Å². The van der Waals surface area contributed by atoms with Crippen LogP contribution in [0.15, 0.2) is 24.5 Å². The van der Waals surface area contributed by atoms with Gasteiger partial charge in [0.15, 0.2) is 0 Å². The normalized spacial score (nSPS) is 10.6. The van der Waals surface area contributed by atoms with E-state index < -0.39 is 0 Å². The third kappa shape index (κ3) is 2.30. The van der Waals surface area contributed by atoms with Crippen LogP contribution >= 0.6 is 23.2 Å². The molecule has 78 valence electrons. The minimum Gasteiger partial charge on any atom is -0.320 e. The highest BCUT2D eigenvalue weighted by Gasteiger charge is 2.04. The molecule has 2 rings (SSSR count). The van der Waals surface area contributed by atoms with Gasteiger partial charge in [0.1, 0.15) is 12.2 Å². The number of aryl methyl sites for hydroxylation is 1. The van der Waals surface area contributed by atoms with Crippen molar-refractivity contribution in [2.24, 2.45) is 7.05 Å². The summed E-state index contributed by atoms with van der Waals surface area (Å²) in [5, 5.41) is 8.95. The van der Waals surface area contributed by atoms with Gasteiger partial charge in [-0.25, -0.2) is 0 Å². The van der Waals surface area contributed by atoms with Crippen LogP contribution in [0, 0.1) is 0 Å². The fourth-order valence-corrected chi connectivity index (χ4v) is 1.62. The minimum absolute atomic E-state index is 0.566. The third-order valence-corrected chi connectivity index (χ3v) is 2.89. The lowest BCUT2D eigenvalue weighted by molar-refractivity contribution is 0.821. The van der Waals surface area contributed by atoms with Crippen LogP contribution in [0.25, 0.3) is 0 Å². The lowest BCUT2D eigenvalue weighted by Crippen LogP contribution is -1.98. The standard InChI is InChI=1S/C10H9Cl2N3/c1-15-6-13-14-10(15)5-7-2-3-8(11)9(12)4-7/h2-4,6H,5H2,1H3. The zero-order valence-corrected chi connectivity index (χ0v) is 9.63. The molecule has 0 aliphatic rings. The maximum Gasteiger partial charge on any atom is 0.136 e. The monoisotopic (exact) mass is 241 g/mol. The van der Waals surface area contributed by atoms with Crippen molar-refractivity contribution in [2.45, 2.75) is 6.42 Å². The van der Waals surface area contributed by atoms with Crippen LogP contribution in [0.2, 0.25) is 10.0 Å². The Kier molecular flexibility index (Phi) is 2.93. The number of rotatable bonds is 2. The summed E-state index contributed by atoms with van der Waals surface area (Å²) in [4.78, 5) is 0. The van der Waals surface area contributed by atoms with E-state index in [0.29, 0.717) is 16.5 Å². The van der Waals surface area contributed by atoms with Crippen LogP contribution in [0.3, 0.4) is 0 Å². The molecule has 0 N–H and O–H groups in total. The molecular formula is C10H9Cl2N3. The highest BCUT2D eigenvalue weighted by molar-refractivity contribution is 6.42. The molecule has 0 radical (unpaired) electrons. The first-order valence-corrected chi connectivity index (χ1v) is 5.19. The number of benzene rings is 1. The Hall–Kier alpha value is -1.06. The van der Waals surface area contributed by atoms with Crippen LogP contribution in [0.1, 0.15) is 11.4 Å². The summed E-state index contributed by atoms with van der Waals surface area (Å²) in [6.45, 7) is 0. The fraction of sp³-hybridized carbons (Fsp3) is 0.200. The smallest absolute Gasteiger partial charge is 0.136 e. The predicted molar refractivity (Wildman–Crippen MR) is 60.3 cm³/mol. The lowest BCUT2D eigenvalue weighted by atomic mass is 10.1. The average molecular weight is 242 g/mol. The second-order valence-electron chi connectivity index (χ2n) is 3.28. The first-order valence-electron chi connectivity index (χ1n) is 4.43. The van der Waals surface area contributed by atoms with Gasteiger partial charge in [-0.15, -0.1) is 10.2 Å². The molecule has 0 fully saturated rings. The number of halogens is 2. The third-order valence-electron chi connectivity index (χ3n) is 2.15. The summed E-state index contributed by atoms with van der Waals surface area (Å²) in [6.07, 6.45) is 2.38. The molecule has 2 aromatic rings. The molecule has 0 aliphatic carbocycles. The minimum atomic E-state index is 0.566. The zero-order chi connectivity index (χ0) is 10.8. The Morgan fingerprint density at radius 2 is 2.07 bits per heavy atom. The van der Waals surface area contributed by atoms with Crippen molar-refractivity contribution in [3.63, 3.8) is 0 Å². The number of aromatic nitrogens is 3. The van der Waals surface area contributed by atoms with Crippen molar-refractivity contribution in [1.29, 1.82) is 0 Å². The van der Waals surface area contributed by atoms with E-state index in [1.807, 2.05) is 23.7 Å². The Bertz CT molecular complexity index is 479. The highest BCUT2D eigenvalue weighted by atomic mass is 35.5. The van der Waals surface area contributed by atoms with Crippen molar-refractivity contribution >= 4 is 23.2 Å². The first-order chi connectivity index (χ1) is 7.16. The van der Waals surface area contributed by atoms with Crippen molar-refractivity contribution in [3.05, 3.63) is 46.0 Å². The van der Waals surface area contributed by atoms with Gasteiger partial charge in [-0.1, -0.05) is 29.3 Å². The molecule has 0 amide bonds. The molecule has 0 saturated heterocycles. The quantitative estimate of drug-likeness (QED) is 0.810. The topological polar surface area (TPSA) is 30.7 Å². The molecule has 1 aromatic heterocycles. The molecule has 3 nitrogen and oxygen atoms in total. The number of hydrogen-bond donors (Lipinski definition) is 0. The predicted octanol–water partition coefficient (Wildman–Crippen LogP) is 2.71. The summed E-state index contributed by atoms with van der Waals surface area (Å²) in [5.74, 6) is 0.897. The maximum absolute atomic E-state index is 5.92. The molecule has 0 aliphatic heterocycles. The van der Waals surface area contributed by atoms with Gasteiger partial charge < -0.3 is 4.57 Å². The summed E-state index contributed by atoms with van der Waals surface area (Å²) in [6, 6.07) is 5.57.